The van der Waals surface area contributed by atoms with E-state index in [4.69, 9.17) is 0 Å². The van der Waals surface area contributed by atoms with E-state index < -0.39 is 0 Å². The van der Waals surface area contributed by atoms with Gasteiger partial charge in [0.15, 0.2) is 5.82 Å². The number of anilines is 1. The molecule has 0 fully saturated rings. The summed E-state index contributed by atoms with van der Waals surface area (Å²) in [6.45, 7) is 6.85. The fourth-order valence-corrected chi connectivity index (χ4v) is 2.98. The Morgan fingerprint density at radius 3 is 2.44 bits per heavy atom. The lowest BCUT2D eigenvalue weighted by atomic mass is 10.0. The smallest absolute Gasteiger partial charge is 0.297 e. The van der Waals surface area contributed by atoms with Crippen molar-refractivity contribution < 1.29 is 0 Å². The van der Waals surface area contributed by atoms with E-state index >= 15 is 0 Å². The van der Waals surface area contributed by atoms with Crippen LogP contribution in [0.5, 0.6) is 0 Å². The minimum Gasteiger partial charge on any atom is -0.365 e. The van der Waals surface area contributed by atoms with Gasteiger partial charge in [-0.2, -0.15) is 0 Å². The van der Waals surface area contributed by atoms with Gasteiger partial charge in [-0.1, -0.05) is 43.3 Å². The van der Waals surface area contributed by atoms with E-state index in [1.54, 1.807) is 17.0 Å². The van der Waals surface area contributed by atoms with Crippen LogP contribution in [0, 0.1) is 13.8 Å². The van der Waals surface area contributed by atoms with Crippen molar-refractivity contribution in [3.63, 3.8) is 0 Å². The molecule has 0 aliphatic heterocycles. The quantitative estimate of drug-likeness (QED) is 0.766. The fraction of sp³-hybridized carbons (Fsp3) is 0.238. The lowest BCUT2D eigenvalue weighted by molar-refractivity contribution is 0.796. The Bertz CT molecular complexity index is 896. The van der Waals surface area contributed by atoms with Gasteiger partial charge in [-0.3, -0.25) is 9.36 Å². The molecular formula is C21H23N3O. The molecule has 0 amide bonds. The van der Waals surface area contributed by atoms with Crippen molar-refractivity contribution in [3.05, 3.63) is 88.0 Å². The second kappa shape index (κ2) is 7.34. The molecule has 4 nitrogen and oxygen atoms in total. The second-order valence-corrected chi connectivity index (χ2v) is 6.49. The Balaban J connectivity index is 1.83. The van der Waals surface area contributed by atoms with E-state index in [2.05, 4.69) is 35.4 Å². The summed E-state index contributed by atoms with van der Waals surface area (Å²) in [4.78, 5) is 17.0. The highest BCUT2D eigenvalue weighted by molar-refractivity contribution is 5.42. The Hall–Kier alpha value is -2.88. The normalized spacial score (nSPS) is 12.0. The van der Waals surface area contributed by atoms with Gasteiger partial charge in [0.1, 0.15) is 0 Å². The second-order valence-electron chi connectivity index (χ2n) is 6.49. The Morgan fingerprint density at radius 1 is 1.08 bits per heavy atom. The molecule has 0 bridgehead atoms. The van der Waals surface area contributed by atoms with E-state index in [1.807, 2.05) is 44.2 Å². The minimum atomic E-state index is -0.132. The molecule has 2 aromatic carbocycles. The molecule has 0 unspecified atom stereocenters. The summed E-state index contributed by atoms with van der Waals surface area (Å²) in [6, 6.07) is 16.4. The third-order valence-corrected chi connectivity index (χ3v) is 4.27. The predicted octanol–water partition coefficient (Wildman–Crippen LogP) is 4.06. The van der Waals surface area contributed by atoms with Crippen LogP contribution in [0.1, 0.15) is 29.5 Å². The van der Waals surface area contributed by atoms with E-state index in [1.165, 1.54) is 5.56 Å². The first kappa shape index (κ1) is 17.0. The van der Waals surface area contributed by atoms with Gasteiger partial charge in [0, 0.05) is 24.6 Å². The first-order chi connectivity index (χ1) is 12.0. The van der Waals surface area contributed by atoms with Crippen LogP contribution in [0.2, 0.25) is 0 Å². The van der Waals surface area contributed by atoms with Crippen LogP contribution in [0.15, 0.2) is 65.7 Å². The van der Waals surface area contributed by atoms with Crippen molar-refractivity contribution in [3.8, 4) is 5.69 Å². The molecule has 0 saturated heterocycles. The summed E-state index contributed by atoms with van der Waals surface area (Å²) >= 11 is 0. The number of hydrogen-bond acceptors (Lipinski definition) is 3. The topological polar surface area (TPSA) is 46.9 Å². The maximum Gasteiger partial charge on any atom is 0.297 e. The predicted molar refractivity (Wildman–Crippen MR) is 103 cm³/mol. The van der Waals surface area contributed by atoms with Gasteiger partial charge in [0.2, 0.25) is 0 Å². The molecule has 3 aromatic rings. The lowest BCUT2D eigenvalue weighted by Crippen LogP contribution is -2.24. The summed E-state index contributed by atoms with van der Waals surface area (Å²) in [5.74, 6) is 0.668. The van der Waals surface area contributed by atoms with Gasteiger partial charge in [-0.15, -0.1) is 0 Å². The van der Waals surface area contributed by atoms with Crippen molar-refractivity contribution in [1.82, 2.24) is 9.55 Å². The molecule has 1 atom stereocenters. The van der Waals surface area contributed by atoms with Crippen LogP contribution in [0.3, 0.4) is 0 Å². The van der Waals surface area contributed by atoms with Crippen LogP contribution in [0.4, 0.5) is 5.82 Å². The Kier molecular flexibility index (Phi) is 4.98. The Labute approximate surface area is 148 Å². The molecule has 4 heteroatoms. The van der Waals surface area contributed by atoms with E-state index in [-0.39, 0.29) is 11.5 Å². The number of nitrogens with zero attached hydrogens (tertiary/aromatic N) is 2. The highest BCUT2D eigenvalue weighted by Crippen LogP contribution is 2.15. The zero-order chi connectivity index (χ0) is 17.8. The summed E-state index contributed by atoms with van der Waals surface area (Å²) in [5.41, 5.74) is 4.23. The van der Waals surface area contributed by atoms with Gasteiger partial charge >= 0.3 is 0 Å². The Morgan fingerprint density at radius 2 is 1.76 bits per heavy atom. The zero-order valence-electron chi connectivity index (χ0n) is 14.9. The molecule has 1 heterocycles. The molecule has 0 aliphatic carbocycles. The summed E-state index contributed by atoms with van der Waals surface area (Å²) in [7, 11) is 0. The molecule has 0 saturated carbocycles. The molecule has 3 rings (SSSR count). The van der Waals surface area contributed by atoms with Crippen molar-refractivity contribution in [2.24, 2.45) is 0 Å². The molecule has 128 valence electrons. The third kappa shape index (κ3) is 3.97. The lowest BCUT2D eigenvalue weighted by Gasteiger charge is -2.14. The maximum absolute atomic E-state index is 12.8. The molecule has 1 aromatic heterocycles. The first-order valence-corrected chi connectivity index (χ1v) is 8.50. The van der Waals surface area contributed by atoms with Crippen LogP contribution < -0.4 is 10.9 Å². The van der Waals surface area contributed by atoms with Gasteiger partial charge in [0.25, 0.3) is 5.56 Å². The average Bonchev–Trinajstić information content (AvgIpc) is 2.60. The molecule has 0 radical (unpaired) electrons. The van der Waals surface area contributed by atoms with Crippen molar-refractivity contribution >= 4 is 5.82 Å². The fourth-order valence-electron chi connectivity index (χ4n) is 2.98. The maximum atomic E-state index is 12.8. The largest absolute Gasteiger partial charge is 0.365 e. The number of nitrogens with one attached hydrogen (secondary N) is 1. The standard InChI is InChI=1S/C21H23N3O/c1-15-11-16(2)13-19(12-15)24-10-9-22-20(21(24)25)23-14-17(3)18-7-5-4-6-8-18/h4-13,17H,14H2,1-3H3,(H,22,23)/t17-/m1/s1. The SMILES string of the molecule is Cc1cc(C)cc(-n2ccnc(NC[C@@H](C)c3ccccc3)c2=O)c1. The van der Waals surface area contributed by atoms with E-state index in [0.717, 1.165) is 16.8 Å². The van der Waals surface area contributed by atoms with Gasteiger partial charge in [0.05, 0.1) is 0 Å². The van der Waals surface area contributed by atoms with E-state index in [0.29, 0.717) is 12.4 Å². The first-order valence-electron chi connectivity index (χ1n) is 8.50. The monoisotopic (exact) mass is 333 g/mol. The van der Waals surface area contributed by atoms with Crippen LogP contribution in [-0.2, 0) is 0 Å². The molecule has 25 heavy (non-hydrogen) atoms. The molecule has 0 aliphatic rings. The van der Waals surface area contributed by atoms with Crippen LogP contribution >= 0.6 is 0 Å². The number of benzene rings is 2. The number of aromatic nitrogens is 2. The van der Waals surface area contributed by atoms with Crippen LogP contribution in [-0.4, -0.2) is 16.1 Å². The van der Waals surface area contributed by atoms with Gasteiger partial charge in [-0.25, -0.2) is 4.98 Å². The molecule has 1 N–H and O–H groups in total. The highest BCUT2D eigenvalue weighted by atomic mass is 16.1. The summed E-state index contributed by atoms with van der Waals surface area (Å²) in [5, 5.41) is 3.21. The summed E-state index contributed by atoms with van der Waals surface area (Å²) < 4.78 is 1.64. The highest BCUT2D eigenvalue weighted by Gasteiger charge is 2.10. The van der Waals surface area contributed by atoms with E-state index in [9.17, 15) is 4.79 Å². The van der Waals surface area contributed by atoms with Crippen LogP contribution in [0.25, 0.3) is 5.69 Å². The van der Waals surface area contributed by atoms with Crippen molar-refractivity contribution in [1.29, 1.82) is 0 Å². The van der Waals surface area contributed by atoms with Crippen molar-refractivity contribution in [2.45, 2.75) is 26.7 Å². The summed E-state index contributed by atoms with van der Waals surface area (Å²) in [6.07, 6.45) is 3.37. The number of aryl methyl sites for hydroxylation is 2. The van der Waals surface area contributed by atoms with Crippen molar-refractivity contribution in [2.75, 3.05) is 11.9 Å². The minimum absolute atomic E-state index is 0.132. The molecular weight excluding hydrogens is 310 g/mol. The molecule has 0 spiro atoms. The van der Waals surface area contributed by atoms with Gasteiger partial charge < -0.3 is 5.32 Å². The zero-order valence-corrected chi connectivity index (χ0v) is 14.9. The number of hydrogen-bond donors (Lipinski definition) is 1. The third-order valence-electron chi connectivity index (χ3n) is 4.27. The van der Waals surface area contributed by atoms with Gasteiger partial charge in [-0.05, 0) is 48.6 Å². The average molecular weight is 333 g/mol. The number of rotatable bonds is 5.